The Bertz CT molecular complexity index is 825. The molecular weight excluding hydrogens is 396 g/mol. The van der Waals surface area contributed by atoms with Crippen molar-refractivity contribution in [2.45, 2.75) is 18.9 Å². The standard InChI is InChI=1S/C17H14BrClN2O3/c18-11-3-1-10-5-15(17(24)21-14(10)7-11)20-16(23)6-9-2-4-12(22)8-13(9)19/h1-4,7-8,15,22H,5-6H2,(H,20,23)(H,21,24). The number of hydrogen-bond donors (Lipinski definition) is 3. The first kappa shape index (κ1) is 16.8. The molecule has 1 heterocycles. The van der Waals surface area contributed by atoms with Crippen LogP contribution >= 0.6 is 27.5 Å². The number of aromatic hydroxyl groups is 1. The fourth-order valence-corrected chi connectivity index (χ4v) is 3.19. The average molecular weight is 410 g/mol. The molecule has 0 aliphatic carbocycles. The smallest absolute Gasteiger partial charge is 0.247 e. The van der Waals surface area contributed by atoms with Gasteiger partial charge in [0.25, 0.3) is 0 Å². The molecule has 0 bridgehead atoms. The Labute approximate surface area is 152 Å². The van der Waals surface area contributed by atoms with Crippen molar-refractivity contribution in [2.24, 2.45) is 0 Å². The molecule has 0 saturated carbocycles. The second-order valence-electron chi connectivity index (χ2n) is 5.57. The van der Waals surface area contributed by atoms with Crippen molar-refractivity contribution in [3.8, 4) is 5.75 Å². The highest BCUT2D eigenvalue weighted by Crippen LogP contribution is 2.26. The van der Waals surface area contributed by atoms with E-state index in [1.54, 1.807) is 6.07 Å². The molecule has 124 valence electrons. The first-order valence-corrected chi connectivity index (χ1v) is 8.45. The molecule has 1 aliphatic heterocycles. The lowest BCUT2D eigenvalue weighted by Gasteiger charge is -2.25. The van der Waals surface area contributed by atoms with Gasteiger partial charge in [-0.2, -0.15) is 0 Å². The molecule has 3 N–H and O–H groups in total. The number of benzene rings is 2. The van der Waals surface area contributed by atoms with E-state index in [0.717, 1.165) is 15.7 Å². The van der Waals surface area contributed by atoms with Gasteiger partial charge in [-0.05, 0) is 35.4 Å². The van der Waals surface area contributed by atoms with Gasteiger partial charge in [0.1, 0.15) is 11.8 Å². The number of anilines is 1. The summed E-state index contributed by atoms with van der Waals surface area (Å²) in [6, 6.07) is 9.45. The lowest BCUT2D eigenvalue weighted by Crippen LogP contribution is -2.48. The molecule has 24 heavy (non-hydrogen) atoms. The number of phenols is 1. The Morgan fingerprint density at radius 2 is 2.12 bits per heavy atom. The summed E-state index contributed by atoms with van der Waals surface area (Å²) in [6.07, 6.45) is 0.472. The van der Waals surface area contributed by atoms with E-state index in [2.05, 4.69) is 26.6 Å². The molecule has 2 aromatic rings. The molecule has 1 atom stereocenters. The van der Waals surface area contributed by atoms with Crippen molar-refractivity contribution in [1.82, 2.24) is 5.32 Å². The predicted molar refractivity (Wildman–Crippen MR) is 95.2 cm³/mol. The van der Waals surface area contributed by atoms with Crippen LogP contribution in [0.3, 0.4) is 0 Å². The van der Waals surface area contributed by atoms with Gasteiger partial charge in [0.15, 0.2) is 0 Å². The van der Waals surface area contributed by atoms with Crippen LogP contribution in [0.4, 0.5) is 5.69 Å². The maximum atomic E-state index is 12.2. The number of fused-ring (bicyclic) bond motifs is 1. The largest absolute Gasteiger partial charge is 0.508 e. The lowest BCUT2D eigenvalue weighted by molar-refractivity contribution is -0.126. The number of carbonyl (C=O) groups is 2. The van der Waals surface area contributed by atoms with Crippen LogP contribution in [-0.4, -0.2) is 23.0 Å². The normalized spacial score (nSPS) is 16.2. The average Bonchev–Trinajstić information content (AvgIpc) is 2.51. The van der Waals surface area contributed by atoms with Crippen molar-refractivity contribution in [1.29, 1.82) is 0 Å². The van der Waals surface area contributed by atoms with E-state index in [0.29, 0.717) is 17.0 Å². The van der Waals surface area contributed by atoms with Crippen LogP contribution in [0, 0.1) is 0 Å². The lowest BCUT2D eigenvalue weighted by atomic mass is 9.98. The SMILES string of the molecule is O=C(Cc1ccc(O)cc1Cl)NC1Cc2ccc(Br)cc2NC1=O. The zero-order valence-corrected chi connectivity index (χ0v) is 14.8. The van der Waals surface area contributed by atoms with Crippen LogP contribution in [0.25, 0.3) is 0 Å². The van der Waals surface area contributed by atoms with E-state index in [1.165, 1.54) is 12.1 Å². The third-order valence-corrected chi connectivity index (χ3v) is 4.64. The molecule has 1 aliphatic rings. The maximum absolute atomic E-state index is 12.2. The predicted octanol–water partition coefficient (Wildman–Crippen LogP) is 3.03. The summed E-state index contributed by atoms with van der Waals surface area (Å²) >= 11 is 9.37. The summed E-state index contributed by atoms with van der Waals surface area (Å²) < 4.78 is 0.881. The summed E-state index contributed by atoms with van der Waals surface area (Å²) in [5.41, 5.74) is 2.31. The highest BCUT2D eigenvalue weighted by Gasteiger charge is 2.27. The van der Waals surface area contributed by atoms with Crippen LogP contribution in [0.15, 0.2) is 40.9 Å². The van der Waals surface area contributed by atoms with Crippen LogP contribution in [0.1, 0.15) is 11.1 Å². The Morgan fingerprint density at radius 1 is 1.33 bits per heavy atom. The highest BCUT2D eigenvalue weighted by molar-refractivity contribution is 9.10. The van der Waals surface area contributed by atoms with Crippen LogP contribution in [-0.2, 0) is 22.4 Å². The van der Waals surface area contributed by atoms with Crippen LogP contribution in [0.2, 0.25) is 5.02 Å². The highest BCUT2D eigenvalue weighted by atomic mass is 79.9. The van der Waals surface area contributed by atoms with E-state index >= 15 is 0 Å². The Balaban J connectivity index is 1.68. The number of rotatable bonds is 3. The van der Waals surface area contributed by atoms with E-state index in [9.17, 15) is 14.7 Å². The molecule has 0 fully saturated rings. The molecular formula is C17H14BrClN2O3. The number of carbonyl (C=O) groups excluding carboxylic acids is 2. The van der Waals surface area contributed by atoms with Crippen LogP contribution in [0.5, 0.6) is 5.75 Å². The van der Waals surface area contributed by atoms with Crippen molar-refractivity contribution in [3.05, 3.63) is 57.0 Å². The van der Waals surface area contributed by atoms with Gasteiger partial charge in [-0.1, -0.05) is 39.7 Å². The van der Waals surface area contributed by atoms with Gasteiger partial charge in [-0.3, -0.25) is 9.59 Å². The Hall–Kier alpha value is -2.05. The molecule has 0 spiro atoms. The molecule has 0 radical (unpaired) electrons. The third kappa shape index (κ3) is 3.71. The molecule has 2 amide bonds. The molecule has 7 heteroatoms. The topological polar surface area (TPSA) is 78.4 Å². The van der Waals surface area contributed by atoms with Crippen molar-refractivity contribution in [3.63, 3.8) is 0 Å². The Morgan fingerprint density at radius 3 is 2.88 bits per heavy atom. The molecule has 0 aromatic heterocycles. The van der Waals surface area contributed by atoms with Gasteiger partial charge in [-0.25, -0.2) is 0 Å². The number of halogens is 2. The molecule has 2 aromatic carbocycles. The summed E-state index contributed by atoms with van der Waals surface area (Å²) in [5.74, 6) is -0.507. The number of hydrogen-bond acceptors (Lipinski definition) is 3. The minimum atomic E-state index is -0.623. The van der Waals surface area contributed by atoms with Gasteiger partial charge >= 0.3 is 0 Å². The zero-order chi connectivity index (χ0) is 17.3. The maximum Gasteiger partial charge on any atom is 0.247 e. The minimum absolute atomic E-state index is 0.0378. The second-order valence-corrected chi connectivity index (χ2v) is 6.89. The summed E-state index contributed by atoms with van der Waals surface area (Å²) in [5, 5.41) is 15.2. The van der Waals surface area contributed by atoms with Gasteiger partial charge in [0.05, 0.1) is 6.42 Å². The minimum Gasteiger partial charge on any atom is -0.508 e. The fraction of sp³-hybridized carbons (Fsp3) is 0.176. The molecule has 1 unspecified atom stereocenters. The molecule has 0 saturated heterocycles. The molecule has 3 rings (SSSR count). The summed E-state index contributed by atoms with van der Waals surface area (Å²) in [7, 11) is 0. The molecule has 5 nitrogen and oxygen atoms in total. The van der Waals surface area contributed by atoms with Crippen molar-refractivity contribution < 1.29 is 14.7 Å². The van der Waals surface area contributed by atoms with Gasteiger partial charge < -0.3 is 15.7 Å². The monoisotopic (exact) mass is 408 g/mol. The van der Waals surface area contributed by atoms with Gasteiger partial charge in [0.2, 0.25) is 11.8 Å². The zero-order valence-electron chi connectivity index (χ0n) is 12.5. The number of amides is 2. The number of phenolic OH excluding ortho intramolecular Hbond substituents is 1. The van der Waals surface area contributed by atoms with E-state index in [4.69, 9.17) is 11.6 Å². The third-order valence-electron chi connectivity index (χ3n) is 3.79. The van der Waals surface area contributed by atoms with Gasteiger partial charge in [0, 0.05) is 21.6 Å². The fourth-order valence-electron chi connectivity index (χ4n) is 2.59. The second kappa shape index (κ2) is 6.83. The van der Waals surface area contributed by atoms with Crippen molar-refractivity contribution in [2.75, 3.05) is 5.32 Å². The van der Waals surface area contributed by atoms with E-state index in [1.807, 2.05) is 18.2 Å². The van der Waals surface area contributed by atoms with Crippen molar-refractivity contribution >= 4 is 45.0 Å². The Kier molecular flexibility index (Phi) is 4.78. The quantitative estimate of drug-likeness (QED) is 0.729. The first-order valence-electron chi connectivity index (χ1n) is 7.28. The van der Waals surface area contributed by atoms with Gasteiger partial charge in [-0.15, -0.1) is 0 Å². The summed E-state index contributed by atoms with van der Waals surface area (Å²) in [6.45, 7) is 0. The summed E-state index contributed by atoms with van der Waals surface area (Å²) in [4.78, 5) is 24.4. The van der Waals surface area contributed by atoms with Crippen LogP contribution < -0.4 is 10.6 Å². The first-order chi connectivity index (χ1) is 11.4. The van der Waals surface area contributed by atoms with E-state index < -0.39 is 6.04 Å². The number of nitrogens with one attached hydrogen (secondary N) is 2. The van der Waals surface area contributed by atoms with E-state index in [-0.39, 0.29) is 24.0 Å².